The highest BCUT2D eigenvalue weighted by Crippen LogP contribution is 2.32. The molecule has 2 bridgehead atoms. The van der Waals surface area contributed by atoms with Gasteiger partial charge < -0.3 is 16.2 Å². The minimum absolute atomic E-state index is 0.101. The third-order valence-electron chi connectivity index (χ3n) is 2.39. The Morgan fingerprint density at radius 3 is 1.67 bits per heavy atom. The van der Waals surface area contributed by atoms with Crippen molar-refractivity contribution < 1.29 is 4.74 Å². The molecule has 0 amide bonds. The van der Waals surface area contributed by atoms with E-state index in [4.69, 9.17) is 16.2 Å². The van der Waals surface area contributed by atoms with Crippen LogP contribution in [0.15, 0.2) is 0 Å². The largest absolute Gasteiger partial charge is 0.372 e. The number of rotatable bonds is 0. The van der Waals surface area contributed by atoms with Gasteiger partial charge in [-0.1, -0.05) is 0 Å². The maximum absolute atomic E-state index is 5.71. The standard InChI is InChI=1S/C6H12N2O/c7-5-3-1-2-4(9-3)6(5)8/h3-6H,1-2,7-8H2. The molecule has 2 heterocycles. The quantitative estimate of drug-likeness (QED) is 0.449. The van der Waals surface area contributed by atoms with Gasteiger partial charge in [-0.05, 0) is 12.8 Å². The fourth-order valence-corrected chi connectivity index (χ4v) is 1.75. The number of ether oxygens (including phenoxy) is 1. The number of fused-ring (bicyclic) bond motifs is 2. The first-order valence-corrected chi connectivity index (χ1v) is 3.45. The zero-order valence-electron chi connectivity index (χ0n) is 5.29. The van der Waals surface area contributed by atoms with Crippen LogP contribution in [0.4, 0.5) is 0 Å². The molecular weight excluding hydrogens is 116 g/mol. The van der Waals surface area contributed by atoms with E-state index < -0.39 is 0 Å². The van der Waals surface area contributed by atoms with E-state index in [1.165, 1.54) is 0 Å². The Bertz CT molecular complexity index is 110. The number of hydrogen-bond donors (Lipinski definition) is 2. The van der Waals surface area contributed by atoms with Gasteiger partial charge in [0.15, 0.2) is 0 Å². The predicted octanol–water partition coefficient (Wildman–Crippen LogP) is -0.798. The normalized spacial score (nSPS) is 56.7. The minimum atomic E-state index is 0.101. The van der Waals surface area contributed by atoms with E-state index in [0.717, 1.165) is 12.8 Å². The molecule has 0 aliphatic carbocycles. The molecule has 0 aromatic heterocycles. The summed E-state index contributed by atoms with van der Waals surface area (Å²) in [6.45, 7) is 0. The van der Waals surface area contributed by atoms with Crippen LogP contribution in [0.3, 0.4) is 0 Å². The Hall–Kier alpha value is -0.120. The third-order valence-corrected chi connectivity index (χ3v) is 2.39. The zero-order chi connectivity index (χ0) is 6.43. The lowest BCUT2D eigenvalue weighted by atomic mass is 9.92. The summed E-state index contributed by atoms with van der Waals surface area (Å²) in [5.74, 6) is 0. The topological polar surface area (TPSA) is 61.3 Å². The third kappa shape index (κ3) is 0.625. The van der Waals surface area contributed by atoms with Gasteiger partial charge in [0.2, 0.25) is 0 Å². The Morgan fingerprint density at radius 2 is 1.44 bits per heavy atom. The summed E-state index contributed by atoms with van der Waals surface area (Å²) in [7, 11) is 0. The van der Waals surface area contributed by atoms with Gasteiger partial charge in [0.1, 0.15) is 0 Å². The summed E-state index contributed by atoms with van der Waals surface area (Å²) >= 11 is 0. The summed E-state index contributed by atoms with van der Waals surface area (Å²) in [6.07, 6.45) is 2.76. The lowest BCUT2D eigenvalue weighted by molar-refractivity contribution is 0.0980. The van der Waals surface area contributed by atoms with Gasteiger partial charge >= 0.3 is 0 Å². The number of nitrogens with two attached hydrogens (primary N) is 2. The highest BCUT2D eigenvalue weighted by molar-refractivity contribution is 5.01. The molecule has 4 unspecified atom stereocenters. The molecule has 3 heteroatoms. The SMILES string of the molecule is NC1C2CCC(O2)C1N. The predicted molar refractivity (Wildman–Crippen MR) is 33.8 cm³/mol. The molecule has 0 aromatic carbocycles. The Labute approximate surface area is 54.3 Å². The van der Waals surface area contributed by atoms with Crippen LogP contribution >= 0.6 is 0 Å². The van der Waals surface area contributed by atoms with E-state index in [-0.39, 0.29) is 24.3 Å². The van der Waals surface area contributed by atoms with Crippen LogP contribution in [-0.2, 0) is 4.74 Å². The Morgan fingerprint density at radius 1 is 1.00 bits per heavy atom. The molecule has 2 rings (SSSR count). The molecule has 0 aromatic rings. The summed E-state index contributed by atoms with van der Waals surface area (Å²) in [6, 6.07) is 0.201. The van der Waals surface area contributed by atoms with E-state index in [1.807, 2.05) is 0 Å². The van der Waals surface area contributed by atoms with E-state index in [0.29, 0.717) is 0 Å². The van der Waals surface area contributed by atoms with Crippen LogP contribution in [-0.4, -0.2) is 24.3 Å². The fourth-order valence-electron chi connectivity index (χ4n) is 1.75. The summed E-state index contributed by atoms with van der Waals surface area (Å²) in [4.78, 5) is 0. The lowest BCUT2D eigenvalue weighted by Gasteiger charge is -2.19. The van der Waals surface area contributed by atoms with Crippen LogP contribution in [0.5, 0.6) is 0 Å². The minimum Gasteiger partial charge on any atom is -0.372 e. The highest BCUT2D eigenvalue weighted by atomic mass is 16.5. The van der Waals surface area contributed by atoms with Gasteiger partial charge in [0.25, 0.3) is 0 Å². The van der Waals surface area contributed by atoms with Crippen molar-refractivity contribution in [2.45, 2.75) is 37.1 Å². The Kier molecular flexibility index (Phi) is 1.06. The van der Waals surface area contributed by atoms with Crippen molar-refractivity contribution in [3.8, 4) is 0 Å². The fraction of sp³-hybridized carbons (Fsp3) is 1.00. The highest BCUT2D eigenvalue weighted by Gasteiger charge is 2.44. The average molecular weight is 128 g/mol. The molecule has 4 N–H and O–H groups in total. The molecule has 0 spiro atoms. The van der Waals surface area contributed by atoms with Gasteiger partial charge in [-0.2, -0.15) is 0 Å². The van der Waals surface area contributed by atoms with Crippen molar-refractivity contribution in [1.82, 2.24) is 0 Å². The molecule has 9 heavy (non-hydrogen) atoms. The van der Waals surface area contributed by atoms with Gasteiger partial charge in [-0.3, -0.25) is 0 Å². The van der Waals surface area contributed by atoms with E-state index in [2.05, 4.69) is 0 Å². The first-order chi connectivity index (χ1) is 4.29. The van der Waals surface area contributed by atoms with Crippen LogP contribution in [0.25, 0.3) is 0 Å². The monoisotopic (exact) mass is 128 g/mol. The molecule has 2 saturated heterocycles. The average Bonchev–Trinajstić information content (AvgIpc) is 2.37. The molecule has 2 fully saturated rings. The van der Waals surface area contributed by atoms with Crippen molar-refractivity contribution in [1.29, 1.82) is 0 Å². The summed E-state index contributed by atoms with van der Waals surface area (Å²) in [5, 5.41) is 0. The second-order valence-corrected chi connectivity index (χ2v) is 2.95. The van der Waals surface area contributed by atoms with Gasteiger partial charge in [0.05, 0.1) is 12.2 Å². The van der Waals surface area contributed by atoms with E-state index in [9.17, 15) is 0 Å². The van der Waals surface area contributed by atoms with Gasteiger partial charge in [-0.15, -0.1) is 0 Å². The van der Waals surface area contributed by atoms with Crippen molar-refractivity contribution in [2.24, 2.45) is 11.5 Å². The van der Waals surface area contributed by atoms with Crippen molar-refractivity contribution in [3.63, 3.8) is 0 Å². The van der Waals surface area contributed by atoms with Crippen LogP contribution in [0.2, 0.25) is 0 Å². The maximum atomic E-state index is 5.71. The summed E-state index contributed by atoms with van der Waals surface area (Å²) in [5.41, 5.74) is 11.4. The Balaban J connectivity index is 2.15. The molecular formula is C6H12N2O. The second-order valence-electron chi connectivity index (χ2n) is 2.95. The molecule has 0 radical (unpaired) electrons. The second kappa shape index (κ2) is 1.68. The smallest absolute Gasteiger partial charge is 0.0747 e. The first-order valence-electron chi connectivity index (χ1n) is 3.45. The molecule has 3 nitrogen and oxygen atoms in total. The van der Waals surface area contributed by atoms with Gasteiger partial charge in [0, 0.05) is 12.1 Å². The van der Waals surface area contributed by atoms with Crippen molar-refractivity contribution >= 4 is 0 Å². The first kappa shape index (κ1) is 5.65. The van der Waals surface area contributed by atoms with Crippen molar-refractivity contribution in [3.05, 3.63) is 0 Å². The summed E-state index contributed by atoms with van der Waals surface area (Å²) < 4.78 is 5.45. The molecule has 0 saturated carbocycles. The molecule has 2 aliphatic heterocycles. The number of hydrogen-bond acceptors (Lipinski definition) is 3. The van der Waals surface area contributed by atoms with E-state index in [1.54, 1.807) is 0 Å². The molecule has 4 atom stereocenters. The van der Waals surface area contributed by atoms with Gasteiger partial charge in [-0.25, -0.2) is 0 Å². The maximum Gasteiger partial charge on any atom is 0.0747 e. The van der Waals surface area contributed by atoms with Crippen LogP contribution in [0.1, 0.15) is 12.8 Å². The molecule has 52 valence electrons. The van der Waals surface area contributed by atoms with Crippen LogP contribution in [0, 0.1) is 0 Å². The van der Waals surface area contributed by atoms with Crippen molar-refractivity contribution in [2.75, 3.05) is 0 Å². The molecule has 2 aliphatic rings. The zero-order valence-corrected chi connectivity index (χ0v) is 5.29. The lowest BCUT2D eigenvalue weighted by Crippen LogP contribution is -2.49. The van der Waals surface area contributed by atoms with E-state index >= 15 is 0 Å². The van der Waals surface area contributed by atoms with Crippen LogP contribution < -0.4 is 11.5 Å².